The predicted molar refractivity (Wildman–Crippen MR) is 130 cm³/mol. The Morgan fingerprint density at radius 2 is 1.50 bits per heavy atom. The molecule has 0 heterocycles. The van der Waals surface area contributed by atoms with Gasteiger partial charge in [0.2, 0.25) is 11.8 Å². The molecule has 0 radical (unpaired) electrons. The van der Waals surface area contributed by atoms with Crippen molar-refractivity contribution >= 4 is 33.4 Å². The highest BCUT2D eigenvalue weighted by Crippen LogP contribution is 2.21. The lowest BCUT2D eigenvalue weighted by molar-refractivity contribution is -0.124. The predicted octanol–water partition coefficient (Wildman–Crippen LogP) is 0.952. The first-order valence-electron chi connectivity index (χ1n) is 11.2. The topological polar surface area (TPSA) is 137 Å². The van der Waals surface area contributed by atoms with E-state index in [4.69, 9.17) is 14.6 Å². The molecule has 190 valence electrons. The van der Waals surface area contributed by atoms with Gasteiger partial charge >= 0.3 is 0 Å². The van der Waals surface area contributed by atoms with Gasteiger partial charge in [-0.15, -0.1) is 0 Å². The van der Waals surface area contributed by atoms with Gasteiger partial charge in [-0.1, -0.05) is 35.4 Å². The zero-order valence-electron chi connectivity index (χ0n) is 19.6. The first kappa shape index (κ1) is 31.4. The van der Waals surface area contributed by atoms with Crippen molar-refractivity contribution in [2.45, 2.75) is 64.8 Å². The average molecular weight is 499 g/mol. The Hall–Kier alpha value is -0.560. The minimum absolute atomic E-state index is 0.0122. The molecule has 0 saturated carbocycles. The van der Waals surface area contributed by atoms with E-state index in [2.05, 4.69) is 10.6 Å². The number of rotatable bonds is 21. The van der Waals surface area contributed by atoms with E-state index in [9.17, 15) is 19.8 Å². The first-order valence-corrected chi connectivity index (χ1v) is 13.7. The van der Waals surface area contributed by atoms with Crippen molar-refractivity contribution in [3.05, 3.63) is 0 Å². The van der Waals surface area contributed by atoms with Crippen molar-refractivity contribution in [1.29, 1.82) is 0 Å². The number of aliphatic hydroxyl groups excluding tert-OH is 3. The summed E-state index contributed by atoms with van der Waals surface area (Å²) in [7, 11) is 3.19. The van der Waals surface area contributed by atoms with Crippen LogP contribution >= 0.6 is 21.6 Å². The van der Waals surface area contributed by atoms with Crippen LogP contribution in [0.1, 0.15) is 46.5 Å². The van der Waals surface area contributed by atoms with Crippen LogP contribution in [0.2, 0.25) is 0 Å². The summed E-state index contributed by atoms with van der Waals surface area (Å²) in [5.41, 5.74) is 0. The van der Waals surface area contributed by atoms with Crippen LogP contribution in [0.5, 0.6) is 0 Å². The van der Waals surface area contributed by atoms with Crippen LogP contribution in [0.3, 0.4) is 0 Å². The van der Waals surface area contributed by atoms with Gasteiger partial charge in [0.1, 0.15) is 0 Å². The monoisotopic (exact) mass is 498 g/mol. The SMILES string of the molecule is CC(O)CCCC(O)COCCOCC(O)CNC(=O)CCSSCCNC(=O)C(C)C. The van der Waals surface area contributed by atoms with E-state index in [1.54, 1.807) is 28.5 Å². The Labute approximate surface area is 200 Å². The molecular formula is C21H42N2O7S2. The molecule has 0 bridgehead atoms. The summed E-state index contributed by atoms with van der Waals surface area (Å²) in [5, 5.41) is 34.3. The Bertz CT molecular complexity index is 485. The van der Waals surface area contributed by atoms with Gasteiger partial charge in [0.15, 0.2) is 0 Å². The lowest BCUT2D eigenvalue weighted by atomic mass is 10.1. The zero-order valence-corrected chi connectivity index (χ0v) is 21.2. The van der Waals surface area contributed by atoms with Gasteiger partial charge in [0.05, 0.1) is 44.7 Å². The molecule has 3 atom stereocenters. The summed E-state index contributed by atoms with van der Waals surface area (Å²) in [6.45, 7) is 7.07. The Morgan fingerprint density at radius 1 is 0.875 bits per heavy atom. The first-order chi connectivity index (χ1) is 15.2. The van der Waals surface area contributed by atoms with E-state index >= 15 is 0 Å². The standard InChI is InChI=1S/C21H42N2O7S2/c1-16(2)21(28)22-8-12-32-31-11-7-20(27)23-13-19(26)15-30-10-9-29-14-18(25)6-4-5-17(3)24/h16-19,24-26H,4-15H2,1-3H3,(H,22,28)(H,23,27). The van der Waals surface area contributed by atoms with Crippen LogP contribution in [0, 0.1) is 5.92 Å². The largest absolute Gasteiger partial charge is 0.393 e. The molecule has 0 spiro atoms. The third-order valence-corrected chi connectivity index (χ3v) is 6.60. The van der Waals surface area contributed by atoms with Crippen LogP contribution in [0.4, 0.5) is 0 Å². The van der Waals surface area contributed by atoms with Crippen molar-refractivity contribution < 1.29 is 34.4 Å². The fraction of sp³-hybridized carbons (Fsp3) is 0.905. The molecule has 2 amide bonds. The molecule has 0 aromatic rings. The number of ether oxygens (including phenoxy) is 2. The number of amides is 2. The van der Waals surface area contributed by atoms with E-state index in [0.717, 1.165) is 12.2 Å². The number of carbonyl (C=O) groups excluding carboxylic acids is 2. The molecular weight excluding hydrogens is 456 g/mol. The molecule has 0 aromatic heterocycles. The summed E-state index contributed by atoms with van der Waals surface area (Å²) in [6, 6.07) is 0. The maximum atomic E-state index is 11.8. The molecule has 11 heteroatoms. The molecule has 0 aliphatic rings. The number of aliphatic hydroxyl groups is 3. The third-order valence-electron chi connectivity index (χ3n) is 4.19. The summed E-state index contributed by atoms with van der Waals surface area (Å²) in [5.74, 6) is 1.35. The van der Waals surface area contributed by atoms with Crippen LogP contribution in [0.25, 0.3) is 0 Å². The maximum Gasteiger partial charge on any atom is 0.222 e. The summed E-state index contributed by atoms with van der Waals surface area (Å²) in [4.78, 5) is 23.2. The fourth-order valence-corrected chi connectivity index (χ4v) is 4.24. The van der Waals surface area contributed by atoms with Gasteiger partial charge in [-0.05, 0) is 26.2 Å². The second kappa shape index (κ2) is 21.0. The fourth-order valence-electron chi connectivity index (χ4n) is 2.34. The zero-order chi connectivity index (χ0) is 24.2. The Balaban J connectivity index is 3.48. The minimum atomic E-state index is -0.795. The lowest BCUT2D eigenvalue weighted by Crippen LogP contribution is -2.35. The maximum absolute atomic E-state index is 11.8. The normalized spacial score (nSPS) is 14.2. The second-order valence-corrected chi connectivity index (χ2v) is 10.6. The van der Waals surface area contributed by atoms with Crippen LogP contribution in [-0.4, -0.2) is 96.5 Å². The van der Waals surface area contributed by atoms with E-state index in [-0.39, 0.29) is 50.2 Å². The van der Waals surface area contributed by atoms with Gasteiger partial charge in [-0.3, -0.25) is 9.59 Å². The van der Waals surface area contributed by atoms with Crippen LogP contribution < -0.4 is 10.6 Å². The molecule has 0 fully saturated rings. The molecule has 3 unspecified atom stereocenters. The third kappa shape index (κ3) is 21.3. The Morgan fingerprint density at radius 3 is 2.12 bits per heavy atom. The van der Waals surface area contributed by atoms with Crippen LogP contribution in [-0.2, 0) is 19.1 Å². The number of hydrogen-bond donors (Lipinski definition) is 5. The Kier molecular flexibility index (Phi) is 20.6. The number of nitrogens with one attached hydrogen (secondary N) is 2. The van der Waals surface area contributed by atoms with Crippen molar-refractivity contribution in [2.24, 2.45) is 5.92 Å². The summed E-state index contributed by atoms with van der Waals surface area (Å²) >= 11 is 0. The van der Waals surface area contributed by atoms with E-state index in [1.807, 2.05) is 13.8 Å². The highest BCUT2D eigenvalue weighted by molar-refractivity contribution is 8.76. The minimum Gasteiger partial charge on any atom is -0.393 e. The van der Waals surface area contributed by atoms with Gasteiger partial charge in [0, 0.05) is 36.9 Å². The van der Waals surface area contributed by atoms with Crippen molar-refractivity contribution in [2.75, 3.05) is 51.0 Å². The second-order valence-electron chi connectivity index (χ2n) is 7.88. The quantitative estimate of drug-likeness (QED) is 0.116. The number of hydrogen-bond acceptors (Lipinski definition) is 9. The highest BCUT2D eigenvalue weighted by atomic mass is 33.1. The van der Waals surface area contributed by atoms with Crippen molar-refractivity contribution in [1.82, 2.24) is 10.6 Å². The molecule has 32 heavy (non-hydrogen) atoms. The van der Waals surface area contributed by atoms with Crippen molar-refractivity contribution in [3.8, 4) is 0 Å². The molecule has 0 saturated heterocycles. The average Bonchev–Trinajstić information content (AvgIpc) is 2.73. The summed E-state index contributed by atoms with van der Waals surface area (Å²) < 4.78 is 10.6. The van der Waals surface area contributed by atoms with Gasteiger partial charge < -0.3 is 35.4 Å². The number of carbonyl (C=O) groups is 2. The van der Waals surface area contributed by atoms with Crippen LogP contribution in [0.15, 0.2) is 0 Å². The summed E-state index contributed by atoms with van der Waals surface area (Å²) in [6.07, 6.45) is 0.632. The smallest absolute Gasteiger partial charge is 0.222 e. The molecule has 5 N–H and O–H groups in total. The molecule has 0 aromatic carbocycles. The van der Waals surface area contributed by atoms with Gasteiger partial charge in [-0.25, -0.2) is 0 Å². The van der Waals surface area contributed by atoms with E-state index in [0.29, 0.717) is 38.2 Å². The molecule has 0 aliphatic carbocycles. The van der Waals surface area contributed by atoms with E-state index < -0.39 is 12.2 Å². The van der Waals surface area contributed by atoms with Crippen molar-refractivity contribution in [3.63, 3.8) is 0 Å². The van der Waals surface area contributed by atoms with Gasteiger partial charge in [-0.2, -0.15) is 0 Å². The van der Waals surface area contributed by atoms with Gasteiger partial charge in [0.25, 0.3) is 0 Å². The van der Waals surface area contributed by atoms with E-state index in [1.165, 1.54) is 0 Å². The molecule has 0 aliphatic heterocycles. The highest BCUT2D eigenvalue weighted by Gasteiger charge is 2.09. The molecule has 9 nitrogen and oxygen atoms in total. The molecule has 0 rings (SSSR count). The lowest BCUT2D eigenvalue weighted by Gasteiger charge is -2.14.